The lowest BCUT2D eigenvalue weighted by molar-refractivity contribution is -0.384. The van der Waals surface area contributed by atoms with Crippen LogP contribution in [0.15, 0.2) is 63.3 Å². The molecule has 2 aromatic carbocycles. The molecular weight excluding hydrogens is 406 g/mol. The lowest BCUT2D eigenvalue weighted by Gasteiger charge is -2.20. The number of halogens is 1. The first-order valence-electron chi connectivity index (χ1n) is 7.55. The second-order valence-electron chi connectivity index (χ2n) is 5.70. The second-order valence-corrected chi connectivity index (χ2v) is 6.62. The lowest BCUT2D eigenvalue weighted by atomic mass is 10.1. The van der Waals surface area contributed by atoms with Crippen molar-refractivity contribution in [3.05, 3.63) is 63.1 Å². The number of imide groups is 1. The number of amides is 2. The number of nitrogens with zero attached hydrogens (tertiary/aromatic N) is 5. The average Bonchev–Trinajstić information content (AvgIpc) is 3.17. The maximum absolute atomic E-state index is 12.9. The third-order valence-electron chi connectivity index (χ3n) is 4.19. The Hall–Kier alpha value is -3.14. The smallest absolute Gasteiger partial charge is 0.269 e. The van der Waals surface area contributed by atoms with Crippen molar-refractivity contribution in [2.45, 2.75) is 12.1 Å². The van der Waals surface area contributed by atoms with Gasteiger partial charge in [0.2, 0.25) is 0 Å². The number of nitro groups is 1. The molecule has 4 rings (SSSR count). The predicted octanol–water partition coefficient (Wildman–Crippen LogP) is 2.86. The highest BCUT2D eigenvalue weighted by molar-refractivity contribution is 9.10. The summed E-state index contributed by atoms with van der Waals surface area (Å²) in [7, 11) is 0. The van der Waals surface area contributed by atoms with Crippen molar-refractivity contribution in [3.8, 4) is 0 Å². The fraction of sp³-hybridized carbons (Fsp3) is 0.125. The third-order valence-corrected chi connectivity index (χ3v) is 4.72. The van der Waals surface area contributed by atoms with Crippen LogP contribution in [0.2, 0.25) is 0 Å². The molecule has 9 nitrogen and oxygen atoms in total. The number of anilines is 2. The molecule has 2 aromatic rings. The monoisotopic (exact) mass is 415 g/mol. The molecule has 2 heterocycles. The van der Waals surface area contributed by atoms with Gasteiger partial charge in [0.15, 0.2) is 12.1 Å². The minimum absolute atomic E-state index is 0.0771. The quantitative estimate of drug-likeness (QED) is 0.434. The molecule has 0 unspecified atom stereocenters. The Morgan fingerprint density at radius 2 is 1.58 bits per heavy atom. The van der Waals surface area contributed by atoms with Crippen molar-refractivity contribution >= 4 is 44.8 Å². The standard InChI is InChI=1S/C16H10BrN5O4/c17-9-1-3-10(4-2-9)20-15(23)13-14(16(20)24)21(19-18-13)11-5-7-12(8-6-11)22(25)26/h1-8,13-14H/t13-,14-/m1/s1. The molecule has 0 aliphatic carbocycles. The van der Waals surface area contributed by atoms with Crippen LogP contribution in [0.3, 0.4) is 0 Å². The fourth-order valence-corrected chi connectivity index (χ4v) is 3.21. The normalized spacial score (nSPS) is 21.4. The summed E-state index contributed by atoms with van der Waals surface area (Å²) in [5, 5.41) is 20.0. The van der Waals surface area contributed by atoms with Crippen LogP contribution in [0.25, 0.3) is 0 Å². The summed E-state index contributed by atoms with van der Waals surface area (Å²) >= 11 is 3.31. The molecular formula is C16H10BrN5O4. The van der Waals surface area contributed by atoms with Gasteiger partial charge in [-0.2, -0.15) is 5.11 Å². The molecule has 10 heteroatoms. The maximum atomic E-state index is 12.9. The fourth-order valence-electron chi connectivity index (χ4n) is 2.95. The van der Waals surface area contributed by atoms with Crippen LogP contribution in [0.1, 0.15) is 0 Å². The topological polar surface area (TPSA) is 108 Å². The number of benzene rings is 2. The van der Waals surface area contributed by atoms with E-state index in [2.05, 4.69) is 26.3 Å². The minimum Gasteiger partial charge on any atom is -0.271 e. The van der Waals surface area contributed by atoms with Gasteiger partial charge >= 0.3 is 0 Å². The summed E-state index contributed by atoms with van der Waals surface area (Å²) < 4.78 is 0.827. The van der Waals surface area contributed by atoms with Crippen LogP contribution in [0.5, 0.6) is 0 Å². The molecule has 2 aliphatic heterocycles. The first-order chi connectivity index (χ1) is 12.5. The molecule has 0 aromatic heterocycles. The van der Waals surface area contributed by atoms with Crippen LogP contribution in [-0.4, -0.2) is 28.8 Å². The Bertz CT molecular complexity index is 944. The van der Waals surface area contributed by atoms with Crippen LogP contribution >= 0.6 is 15.9 Å². The van der Waals surface area contributed by atoms with E-state index in [0.29, 0.717) is 11.4 Å². The molecule has 0 bridgehead atoms. The lowest BCUT2D eigenvalue weighted by Crippen LogP contribution is -2.39. The molecule has 130 valence electrons. The number of carbonyl (C=O) groups is 2. The summed E-state index contributed by atoms with van der Waals surface area (Å²) in [4.78, 5) is 36.8. The van der Waals surface area contributed by atoms with E-state index in [-0.39, 0.29) is 5.69 Å². The first kappa shape index (κ1) is 16.3. The number of carbonyl (C=O) groups excluding carboxylic acids is 2. The van der Waals surface area contributed by atoms with Gasteiger partial charge in [0, 0.05) is 16.6 Å². The molecule has 1 fully saturated rings. The Labute approximate surface area is 155 Å². The molecule has 0 radical (unpaired) electrons. The van der Waals surface area contributed by atoms with E-state index in [1.54, 1.807) is 24.3 Å². The number of nitro benzene ring substituents is 1. The third kappa shape index (κ3) is 2.46. The van der Waals surface area contributed by atoms with E-state index in [0.717, 1.165) is 9.37 Å². The Morgan fingerprint density at radius 1 is 0.962 bits per heavy atom. The molecule has 2 atom stereocenters. The zero-order valence-electron chi connectivity index (χ0n) is 13.0. The Balaban J connectivity index is 1.65. The number of hydrogen-bond acceptors (Lipinski definition) is 7. The van der Waals surface area contributed by atoms with Crippen molar-refractivity contribution < 1.29 is 14.5 Å². The maximum Gasteiger partial charge on any atom is 0.269 e. The summed E-state index contributed by atoms with van der Waals surface area (Å²) in [5.74, 6) is -0.888. The highest BCUT2D eigenvalue weighted by Gasteiger charge is 2.55. The molecule has 0 saturated carbocycles. The number of hydrogen-bond donors (Lipinski definition) is 0. The highest BCUT2D eigenvalue weighted by atomic mass is 79.9. The largest absolute Gasteiger partial charge is 0.271 e. The highest BCUT2D eigenvalue weighted by Crippen LogP contribution is 2.35. The van der Waals surface area contributed by atoms with E-state index in [1.165, 1.54) is 29.3 Å². The molecule has 1 saturated heterocycles. The van der Waals surface area contributed by atoms with E-state index >= 15 is 0 Å². The number of fused-ring (bicyclic) bond motifs is 1. The van der Waals surface area contributed by atoms with Gasteiger partial charge in [-0.25, -0.2) is 9.91 Å². The van der Waals surface area contributed by atoms with Gasteiger partial charge in [0.05, 0.1) is 16.3 Å². The first-order valence-corrected chi connectivity index (χ1v) is 8.34. The molecule has 26 heavy (non-hydrogen) atoms. The van der Waals surface area contributed by atoms with Gasteiger partial charge in [-0.1, -0.05) is 21.2 Å². The Kier molecular flexibility index (Phi) is 3.76. The van der Waals surface area contributed by atoms with Crippen LogP contribution in [0, 0.1) is 10.1 Å². The number of rotatable bonds is 3. The molecule has 2 aliphatic rings. The molecule has 0 N–H and O–H groups in total. The van der Waals surface area contributed by atoms with E-state index in [9.17, 15) is 19.7 Å². The van der Waals surface area contributed by atoms with Crippen LogP contribution in [-0.2, 0) is 9.59 Å². The summed E-state index contributed by atoms with van der Waals surface area (Å²) in [6, 6.07) is 10.5. The summed E-state index contributed by atoms with van der Waals surface area (Å²) in [6.45, 7) is 0. The van der Waals surface area contributed by atoms with Crippen molar-refractivity contribution in [2.75, 3.05) is 9.91 Å². The number of non-ortho nitro benzene ring substituents is 1. The van der Waals surface area contributed by atoms with Gasteiger partial charge in [0.1, 0.15) is 0 Å². The van der Waals surface area contributed by atoms with Crippen molar-refractivity contribution in [3.63, 3.8) is 0 Å². The predicted molar refractivity (Wildman–Crippen MR) is 94.6 cm³/mol. The van der Waals surface area contributed by atoms with Gasteiger partial charge in [0.25, 0.3) is 17.5 Å². The molecule has 0 spiro atoms. The van der Waals surface area contributed by atoms with Gasteiger partial charge < -0.3 is 0 Å². The Morgan fingerprint density at radius 3 is 2.19 bits per heavy atom. The van der Waals surface area contributed by atoms with Crippen molar-refractivity contribution in [1.29, 1.82) is 0 Å². The average molecular weight is 416 g/mol. The summed E-state index contributed by atoms with van der Waals surface area (Å²) in [5.41, 5.74) is 0.828. The van der Waals surface area contributed by atoms with Gasteiger partial charge in [-0.15, -0.1) is 0 Å². The van der Waals surface area contributed by atoms with Gasteiger partial charge in [-0.3, -0.25) is 19.7 Å². The van der Waals surface area contributed by atoms with Crippen molar-refractivity contribution in [1.82, 2.24) is 0 Å². The van der Waals surface area contributed by atoms with Gasteiger partial charge in [-0.05, 0) is 36.4 Å². The van der Waals surface area contributed by atoms with E-state index < -0.39 is 28.8 Å². The minimum atomic E-state index is -0.929. The molecule has 2 amide bonds. The second kappa shape index (κ2) is 5.99. The SMILES string of the molecule is O=C1[C@@H]2N=NN(c3ccc([N+](=O)[O-])cc3)[C@H]2C(=O)N1c1ccc(Br)cc1. The van der Waals surface area contributed by atoms with E-state index in [4.69, 9.17) is 0 Å². The van der Waals surface area contributed by atoms with E-state index in [1.807, 2.05) is 0 Å². The van der Waals surface area contributed by atoms with Crippen molar-refractivity contribution in [2.24, 2.45) is 10.3 Å². The summed E-state index contributed by atoms with van der Waals surface area (Å²) in [6.07, 6.45) is 0. The zero-order chi connectivity index (χ0) is 18.4. The van der Waals surface area contributed by atoms with Crippen LogP contribution in [0.4, 0.5) is 17.1 Å². The zero-order valence-corrected chi connectivity index (χ0v) is 14.6. The van der Waals surface area contributed by atoms with Crippen LogP contribution < -0.4 is 9.91 Å².